The van der Waals surface area contributed by atoms with Crippen LogP contribution in [0.25, 0.3) is 0 Å². The predicted octanol–water partition coefficient (Wildman–Crippen LogP) is 3.89. The Morgan fingerprint density at radius 2 is 1.48 bits per heavy atom. The molecule has 3 nitrogen and oxygen atoms in total. The van der Waals surface area contributed by atoms with E-state index in [2.05, 4.69) is 49.8 Å². The third-order valence-electron chi connectivity index (χ3n) is 3.99. The zero-order valence-electron chi connectivity index (χ0n) is 14.0. The molecule has 124 valence electrons. The van der Waals surface area contributed by atoms with Gasteiger partial charge in [-0.3, -0.25) is 0 Å². The maximum Gasteiger partial charge on any atom is 0.240 e. The van der Waals surface area contributed by atoms with Gasteiger partial charge >= 0.3 is 0 Å². The second kappa shape index (κ2) is 7.75. The zero-order valence-corrected chi connectivity index (χ0v) is 14.9. The average Bonchev–Trinajstić information content (AvgIpc) is 2.55. The SMILES string of the molecule is CCc1ccc(CCNS(=O)(=O)c2ccc(C(C)C)cc2)cc1. The molecule has 0 aromatic heterocycles. The van der Waals surface area contributed by atoms with E-state index in [9.17, 15) is 8.42 Å². The van der Waals surface area contributed by atoms with Gasteiger partial charge < -0.3 is 0 Å². The summed E-state index contributed by atoms with van der Waals surface area (Å²) in [6.45, 7) is 6.70. The van der Waals surface area contributed by atoms with Crippen LogP contribution in [0.4, 0.5) is 0 Å². The Hall–Kier alpha value is -1.65. The predicted molar refractivity (Wildman–Crippen MR) is 95.2 cm³/mol. The lowest BCUT2D eigenvalue weighted by Crippen LogP contribution is -2.26. The Bertz CT molecular complexity index is 717. The second-order valence-electron chi connectivity index (χ2n) is 6.04. The molecular formula is C19H25NO2S. The summed E-state index contributed by atoms with van der Waals surface area (Å²) in [5, 5.41) is 0. The lowest BCUT2D eigenvalue weighted by atomic mass is 10.0. The number of hydrogen-bond acceptors (Lipinski definition) is 2. The molecule has 0 amide bonds. The van der Waals surface area contributed by atoms with Gasteiger partial charge in [-0.15, -0.1) is 0 Å². The second-order valence-corrected chi connectivity index (χ2v) is 7.81. The van der Waals surface area contributed by atoms with E-state index >= 15 is 0 Å². The van der Waals surface area contributed by atoms with Crippen molar-refractivity contribution in [1.82, 2.24) is 4.72 Å². The standard InChI is InChI=1S/C19H25NO2S/c1-4-16-5-7-17(8-6-16)13-14-20-23(21,22)19-11-9-18(10-12-19)15(2)3/h5-12,15,20H,4,13-14H2,1-3H3. The van der Waals surface area contributed by atoms with E-state index in [0.29, 0.717) is 23.8 Å². The average molecular weight is 331 g/mol. The van der Waals surface area contributed by atoms with Crippen molar-refractivity contribution in [3.05, 3.63) is 65.2 Å². The summed E-state index contributed by atoms with van der Waals surface area (Å²) < 4.78 is 27.3. The molecule has 0 fully saturated rings. The van der Waals surface area contributed by atoms with E-state index in [1.807, 2.05) is 12.1 Å². The van der Waals surface area contributed by atoms with Gasteiger partial charge in [0.15, 0.2) is 0 Å². The molecule has 1 N–H and O–H groups in total. The van der Waals surface area contributed by atoms with Crippen molar-refractivity contribution in [3.8, 4) is 0 Å². The van der Waals surface area contributed by atoms with Gasteiger partial charge in [0.1, 0.15) is 0 Å². The van der Waals surface area contributed by atoms with Crippen molar-refractivity contribution in [1.29, 1.82) is 0 Å². The Morgan fingerprint density at radius 1 is 0.913 bits per heavy atom. The van der Waals surface area contributed by atoms with Crippen molar-refractivity contribution in [2.24, 2.45) is 0 Å². The summed E-state index contributed by atoms with van der Waals surface area (Å²) in [6, 6.07) is 15.4. The Labute approximate surface area is 139 Å². The molecule has 2 rings (SSSR count). The van der Waals surface area contributed by atoms with Crippen LogP contribution in [0.5, 0.6) is 0 Å². The first-order valence-electron chi connectivity index (χ1n) is 8.10. The molecule has 0 atom stereocenters. The lowest BCUT2D eigenvalue weighted by molar-refractivity contribution is 0.581. The van der Waals surface area contributed by atoms with Gasteiger partial charge in [-0.2, -0.15) is 0 Å². The van der Waals surface area contributed by atoms with Gasteiger partial charge in [0.2, 0.25) is 10.0 Å². The molecule has 0 bridgehead atoms. The summed E-state index contributed by atoms with van der Waals surface area (Å²) in [6.07, 6.45) is 1.70. The van der Waals surface area contributed by atoms with Crippen molar-refractivity contribution in [3.63, 3.8) is 0 Å². The Morgan fingerprint density at radius 3 is 2.00 bits per heavy atom. The molecule has 0 aliphatic carbocycles. The molecule has 0 saturated carbocycles. The minimum Gasteiger partial charge on any atom is -0.211 e. The molecule has 2 aromatic rings. The maximum absolute atomic E-state index is 12.3. The van der Waals surface area contributed by atoms with Gasteiger partial charge in [-0.05, 0) is 47.6 Å². The van der Waals surface area contributed by atoms with Gasteiger partial charge in [-0.25, -0.2) is 13.1 Å². The third-order valence-corrected chi connectivity index (χ3v) is 5.47. The molecule has 0 heterocycles. The van der Waals surface area contributed by atoms with Gasteiger partial charge in [-0.1, -0.05) is 57.2 Å². The monoisotopic (exact) mass is 331 g/mol. The topological polar surface area (TPSA) is 46.2 Å². The molecule has 0 unspecified atom stereocenters. The zero-order chi connectivity index (χ0) is 16.9. The van der Waals surface area contributed by atoms with E-state index in [0.717, 1.165) is 17.5 Å². The summed E-state index contributed by atoms with van der Waals surface area (Å²) in [5.41, 5.74) is 3.57. The fourth-order valence-electron chi connectivity index (χ4n) is 2.39. The fourth-order valence-corrected chi connectivity index (χ4v) is 3.42. The number of sulfonamides is 1. The summed E-state index contributed by atoms with van der Waals surface area (Å²) >= 11 is 0. The fraction of sp³-hybridized carbons (Fsp3) is 0.368. The van der Waals surface area contributed by atoms with Crippen LogP contribution in [-0.4, -0.2) is 15.0 Å². The van der Waals surface area contributed by atoms with Gasteiger partial charge in [0.05, 0.1) is 4.90 Å². The van der Waals surface area contributed by atoms with Gasteiger partial charge in [0, 0.05) is 6.54 Å². The van der Waals surface area contributed by atoms with Crippen molar-refractivity contribution in [2.75, 3.05) is 6.54 Å². The summed E-state index contributed by atoms with van der Waals surface area (Å²) in [4.78, 5) is 0.322. The van der Waals surface area contributed by atoms with E-state index in [1.54, 1.807) is 12.1 Å². The minimum atomic E-state index is -3.44. The molecule has 23 heavy (non-hydrogen) atoms. The molecule has 0 saturated heterocycles. The molecule has 0 spiro atoms. The number of aryl methyl sites for hydroxylation is 1. The first kappa shape index (κ1) is 17.7. The van der Waals surface area contributed by atoms with Crippen LogP contribution >= 0.6 is 0 Å². The first-order valence-corrected chi connectivity index (χ1v) is 9.58. The van der Waals surface area contributed by atoms with Crippen LogP contribution in [0.3, 0.4) is 0 Å². The van der Waals surface area contributed by atoms with Crippen LogP contribution in [0.15, 0.2) is 53.4 Å². The Kier molecular flexibility index (Phi) is 5.97. The smallest absolute Gasteiger partial charge is 0.211 e. The highest BCUT2D eigenvalue weighted by atomic mass is 32.2. The number of hydrogen-bond donors (Lipinski definition) is 1. The first-order chi connectivity index (χ1) is 10.9. The quantitative estimate of drug-likeness (QED) is 0.836. The summed E-state index contributed by atoms with van der Waals surface area (Å²) in [7, 11) is -3.44. The van der Waals surface area contributed by atoms with Crippen molar-refractivity contribution in [2.45, 2.75) is 44.4 Å². The van der Waals surface area contributed by atoms with Crippen molar-refractivity contribution >= 4 is 10.0 Å². The van der Waals surface area contributed by atoms with Crippen LogP contribution in [0.2, 0.25) is 0 Å². The van der Waals surface area contributed by atoms with Crippen LogP contribution in [0, 0.1) is 0 Å². The highest BCUT2D eigenvalue weighted by Crippen LogP contribution is 2.17. The van der Waals surface area contributed by atoms with Crippen LogP contribution < -0.4 is 4.72 Å². The Balaban J connectivity index is 1.95. The van der Waals surface area contributed by atoms with Crippen LogP contribution in [0.1, 0.15) is 43.4 Å². The molecule has 0 aliphatic heterocycles. The normalized spacial score (nSPS) is 11.8. The van der Waals surface area contributed by atoms with Gasteiger partial charge in [0.25, 0.3) is 0 Å². The minimum absolute atomic E-state index is 0.322. The highest BCUT2D eigenvalue weighted by molar-refractivity contribution is 7.89. The largest absolute Gasteiger partial charge is 0.240 e. The van der Waals surface area contributed by atoms with Crippen LogP contribution in [-0.2, 0) is 22.9 Å². The number of nitrogens with one attached hydrogen (secondary N) is 1. The molecule has 2 aromatic carbocycles. The van der Waals surface area contributed by atoms with E-state index in [4.69, 9.17) is 0 Å². The van der Waals surface area contributed by atoms with E-state index < -0.39 is 10.0 Å². The molecular weight excluding hydrogens is 306 g/mol. The summed E-state index contributed by atoms with van der Waals surface area (Å²) in [5.74, 6) is 0.394. The molecule has 4 heteroatoms. The number of benzene rings is 2. The number of rotatable bonds is 7. The highest BCUT2D eigenvalue weighted by Gasteiger charge is 2.13. The third kappa shape index (κ3) is 4.91. The maximum atomic E-state index is 12.3. The van der Waals surface area contributed by atoms with E-state index in [1.165, 1.54) is 5.56 Å². The van der Waals surface area contributed by atoms with E-state index in [-0.39, 0.29) is 0 Å². The lowest BCUT2D eigenvalue weighted by Gasteiger charge is -2.09. The van der Waals surface area contributed by atoms with Crippen molar-refractivity contribution < 1.29 is 8.42 Å². The molecule has 0 radical (unpaired) electrons. The molecule has 0 aliphatic rings.